The number of anilines is 1. The van der Waals surface area contributed by atoms with E-state index in [1.165, 1.54) is 23.8 Å². The minimum Gasteiger partial charge on any atom is -0.357 e. The summed E-state index contributed by atoms with van der Waals surface area (Å²) in [5, 5.41) is 1.18. The van der Waals surface area contributed by atoms with Crippen LogP contribution in [0.1, 0.15) is 18.4 Å². The van der Waals surface area contributed by atoms with E-state index in [9.17, 15) is 0 Å². The van der Waals surface area contributed by atoms with Gasteiger partial charge in [0, 0.05) is 18.5 Å². The molecule has 4 nitrogen and oxygen atoms in total. The fraction of sp³-hybridized carbons (Fsp3) is 0.357. The van der Waals surface area contributed by atoms with Gasteiger partial charge in [-0.15, -0.1) is 11.3 Å². The molecule has 1 saturated heterocycles. The van der Waals surface area contributed by atoms with E-state index >= 15 is 0 Å². The Kier molecular flexibility index (Phi) is 2.75. The third-order valence-electron chi connectivity index (χ3n) is 3.86. The van der Waals surface area contributed by atoms with E-state index < -0.39 is 0 Å². The zero-order valence-corrected chi connectivity index (χ0v) is 12.8. The number of pyridine rings is 1. The van der Waals surface area contributed by atoms with Crippen LogP contribution in [0.3, 0.4) is 0 Å². The zero-order valence-electron chi connectivity index (χ0n) is 11.1. The third kappa shape index (κ3) is 1.75. The van der Waals surface area contributed by atoms with Crippen LogP contribution in [0.25, 0.3) is 20.4 Å². The Bertz CT molecular complexity index is 859. The van der Waals surface area contributed by atoms with Gasteiger partial charge in [0.1, 0.15) is 15.3 Å². The maximum atomic E-state index is 5.32. The van der Waals surface area contributed by atoms with Gasteiger partial charge in [-0.3, -0.25) is 0 Å². The Labute approximate surface area is 125 Å². The number of hydrogen-bond donors (Lipinski definition) is 1. The normalized spacial score (nSPS) is 15.6. The minimum absolute atomic E-state index is 0.656. The lowest BCUT2D eigenvalue weighted by Crippen LogP contribution is -2.18. The van der Waals surface area contributed by atoms with Gasteiger partial charge in [0.2, 0.25) is 0 Å². The molecule has 0 radical (unpaired) electrons. The lowest BCUT2D eigenvalue weighted by atomic mass is 10.2. The van der Waals surface area contributed by atoms with Crippen molar-refractivity contribution in [1.82, 2.24) is 15.0 Å². The number of rotatable bonds is 1. The Hall–Kier alpha value is -1.53. The second kappa shape index (κ2) is 4.49. The summed E-state index contributed by atoms with van der Waals surface area (Å²) in [6.45, 7) is 4.37. The van der Waals surface area contributed by atoms with Crippen molar-refractivity contribution >= 4 is 49.8 Å². The Morgan fingerprint density at radius 3 is 2.95 bits per heavy atom. The Morgan fingerprint density at radius 1 is 1.35 bits per heavy atom. The number of H-pyrrole nitrogens is 1. The second-order valence-corrected chi connectivity index (χ2v) is 6.57. The molecule has 4 rings (SSSR count). The van der Waals surface area contributed by atoms with Gasteiger partial charge in [-0.1, -0.05) is 12.2 Å². The fourth-order valence-corrected chi connectivity index (χ4v) is 4.26. The van der Waals surface area contributed by atoms with Crippen LogP contribution in [-0.4, -0.2) is 28.0 Å². The van der Waals surface area contributed by atoms with Crippen molar-refractivity contribution in [3.05, 3.63) is 22.6 Å². The summed E-state index contributed by atoms with van der Waals surface area (Å²) in [6.07, 6.45) is 4.20. The molecule has 0 unspecified atom stereocenters. The van der Waals surface area contributed by atoms with Gasteiger partial charge in [0.05, 0.1) is 16.5 Å². The summed E-state index contributed by atoms with van der Waals surface area (Å²) in [6, 6.07) is 2.19. The van der Waals surface area contributed by atoms with Crippen LogP contribution >= 0.6 is 23.6 Å². The predicted molar refractivity (Wildman–Crippen MR) is 86.3 cm³/mol. The highest BCUT2D eigenvalue weighted by molar-refractivity contribution is 7.71. The van der Waals surface area contributed by atoms with E-state index in [1.807, 2.05) is 0 Å². The molecule has 102 valence electrons. The molecule has 4 heterocycles. The first-order chi connectivity index (χ1) is 9.74. The number of nitrogens with one attached hydrogen (secondary N) is 1. The van der Waals surface area contributed by atoms with E-state index in [0.717, 1.165) is 34.0 Å². The Balaban J connectivity index is 2.03. The van der Waals surface area contributed by atoms with E-state index in [2.05, 4.69) is 27.9 Å². The number of fused-ring (bicyclic) bond motifs is 3. The highest BCUT2D eigenvalue weighted by atomic mass is 32.1. The first kappa shape index (κ1) is 12.2. The Morgan fingerprint density at radius 2 is 2.15 bits per heavy atom. The predicted octanol–water partition coefficient (Wildman–Crippen LogP) is 3.81. The summed E-state index contributed by atoms with van der Waals surface area (Å²) in [7, 11) is 0. The molecule has 0 amide bonds. The number of thiophene rings is 1. The molecule has 3 aromatic heterocycles. The first-order valence-electron chi connectivity index (χ1n) is 6.76. The van der Waals surface area contributed by atoms with E-state index in [1.54, 1.807) is 17.7 Å². The first-order valence-corrected chi connectivity index (χ1v) is 7.99. The smallest absolute Gasteiger partial charge is 0.147 e. The van der Waals surface area contributed by atoms with Crippen molar-refractivity contribution < 1.29 is 0 Å². The number of aromatic amines is 1. The number of aryl methyl sites for hydroxylation is 1. The maximum absolute atomic E-state index is 5.32. The SMILES string of the molecule is Cc1cc(N2CCCC2)nc2sc3c(=S)nc[nH]c3c12. The molecule has 0 aromatic carbocycles. The zero-order chi connectivity index (χ0) is 13.7. The number of nitrogens with zero attached hydrogens (tertiary/aromatic N) is 3. The van der Waals surface area contributed by atoms with E-state index in [-0.39, 0.29) is 0 Å². The molecule has 1 aliphatic heterocycles. The van der Waals surface area contributed by atoms with Crippen LogP contribution in [0.15, 0.2) is 12.4 Å². The quantitative estimate of drug-likeness (QED) is 0.694. The van der Waals surface area contributed by atoms with Gasteiger partial charge in [-0.25, -0.2) is 9.97 Å². The molecule has 0 atom stereocenters. The van der Waals surface area contributed by atoms with Crippen LogP contribution in [0.4, 0.5) is 5.82 Å². The van der Waals surface area contributed by atoms with Crippen molar-refractivity contribution in [2.45, 2.75) is 19.8 Å². The third-order valence-corrected chi connectivity index (χ3v) is 5.39. The summed E-state index contributed by atoms with van der Waals surface area (Å²) < 4.78 is 1.69. The highest BCUT2D eigenvalue weighted by Gasteiger charge is 2.17. The standard InChI is InChI=1S/C14H14N4S2/c1-8-6-9(18-4-2-3-5-18)17-14-10(8)11-12(20-14)13(19)16-7-15-11/h6-7H,2-5H2,1H3,(H,15,16,19). The molecule has 0 aliphatic carbocycles. The van der Waals surface area contributed by atoms with Crippen LogP contribution in [0.5, 0.6) is 0 Å². The van der Waals surface area contributed by atoms with Gasteiger partial charge < -0.3 is 9.88 Å². The molecule has 1 N–H and O–H groups in total. The highest BCUT2D eigenvalue weighted by Crippen LogP contribution is 2.35. The maximum Gasteiger partial charge on any atom is 0.147 e. The van der Waals surface area contributed by atoms with Gasteiger partial charge in [-0.05, 0) is 31.4 Å². The number of aromatic nitrogens is 3. The van der Waals surface area contributed by atoms with Gasteiger partial charge in [-0.2, -0.15) is 0 Å². The molecule has 0 bridgehead atoms. The lowest BCUT2D eigenvalue weighted by Gasteiger charge is -2.16. The molecule has 0 spiro atoms. The summed E-state index contributed by atoms with van der Waals surface area (Å²) in [5.41, 5.74) is 2.32. The largest absolute Gasteiger partial charge is 0.357 e. The average Bonchev–Trinajstić information content (AvgIpc) is 3.05. The van der Waals surface area contributed by atoms with Crippen molar-refractivity contribution in [2.75, 3.05) is 18.0 Å². The van der Waals surface area contributed by atoms with Crippen LogP contribution in [0.2, 0.25) is 0 Å². The molecule has 6 heteroatoms. The van der Waals surface area contributed by atoms with Crippen molar-refractivity contribution in [3.8, 4) is 0 Å². The van der Waals surface area contributed by atoms with Crippen LogP contribution < -0.4 is 4.90 Å². The topological polar surface area (TPSA) is 44.8 Å². The molecule has 1 aliphatic rings. The molecule has 20 heavy (non-hydrogen) atoms. The van der Waals surface area contributed by atoms with Crippen LogP contribution in [0, 0.1) is 11.6 Å². The van der Waals surface area contributed by atoms with Gasteiger partial charge in [0.15, 0.2) is 0 Å². The molecular formula is C14H14N4S2. The van der Waals surface area contributed by atoms with Gasteiger partial charge >= 0.3 is 0 Å². The monoisotopic (exact) mass is 302 g/mol. The van der Waals surface area contributed by atoms with E-state index in [0.29, 0.717) is 4.64 Å². The van der Waals surface area contributed by atoms with Crippen LogP contribution in [-0.2, 0) is 0 Å². The summed E-state index contributed by atoms with van der Waals surface area (Å²) in [4.78, 5) is 15.7. The van der Waals surface area contributed by atoms with Crippen molar-refractivity contribution in [3.63, 3.8) is 0 Å². The molecule has 3 aromatic rings. The summed E-state index contributed by atoms with van der Waals surface area (Å²) >= 11 is 6.96. The number of hydrogen-bond acceptors (Lipinski definition) is 5. The average molecular weight is 302 g/mol. The van der Waals surface area contributed by atoms with E-state index in [4.69, 9.17) is 17.2 Å². The minimum atomic E-state index is 0.656. The molecule has 1 fully saturated rings. The molecule has 0 saturated carbocycles. The fourth-order valence-electron chi connectivity index (χ4n) is 2.88. The summed E-state index contributed by atoms with van der Waals surface area (Å²) in [5.74, 6) is 1.10. The van der Waals surface area contributed by atoms with Crippen molar-refractivity contribution in [1.29, 1.82) is 0 Å². The second-order valence-electron chi connectivity index (χ2n) is 5.19. The van der Waals surface area contributed by atoms with Crippen molar-refractivity contribution in [2.24, 2.45) is 0 Å². The lowest BCUT2D eigenvalue weighted by molar-refractivity contribution is 0.943. The van der Waals surface area contributed by atoms with Gasteiger partial charge in [0.25, 0.3) is 0 Å². The molecular weight excluding hydrogens is 288 g/mol.